The first-order valence-corrected chi connectivity index (χ1v) is 5.68. The number of hydrazine groups is 1. The number of nitrogens with two attached hydrogens (primary N) is 1. The molecule has 1 aliphatic heterocycles. The van der Waals surface area contributed by atoms with Gasteiger partial charge in [-0.05, 0) is 17.7 Å². The summed E-state index contributed by atoms with van der Waals surface area (Å²) in [4.78, 5) is 11.3. The van der Waals surface area contributed by atoms with Crippen LogP contribution in [0.5, 0.6) is 11.5 Å². The minimum Gasteiger partial charge on any atom is -0.454 e. The van der Waals surface area contributed by atoms with Crippen LogP contribution in [0.2, 0.25) is 0 Å². The standard InChI is InChI=1S/C12H12N4O3/c13-15-12(17)9-4-14-16(6-9)5-8-1-2-10-11(3-8)19-7-18-10/h1-4,6H,5,7,13H2,(H,15,17). The largest absolute Gasteiger partial charge is 0.454 e. The maximum Gasteiger partial charge on any atom is 0.268 e. The van der Waals surface area contributed by atoms with Crippen molar-refractivity contribution >= 4 is 5.91 Å². The lowest BCUT2D eigenvalue weighted by atomic mass is 10.2. The third kappa shape index (κ3) is 2.23. The normalized spacial score (nSPS) is 12.5. The molecule has 0 unspecified atom stereocenters. The first-order valence-electron chi connectivity index (χ1n) is 5.68. The van der Waals surface area contributed by atoms with Crippen molar-refractivity contribution in [1.29, 1.82) is 0 Å². The van der Waals surface area contributed by atoms with E-state index in [9.17, 15) is 4.79 Å². The van der Waals surface area contributed by atoms with E-state index in [1.165, 1.54) is 6.20 Å². The van der Waals surface area contributed by atoms with Crippen LogP contribution in [0.1, 0.15) is 15.9 Å². The Bertz CT molecular complexity index is 623. The van der Waals surface area contributed by atoms with Crippen molar-refractivity contribution in [3.05, 3.63) is 41.7 Å². The molecule has 0 radical (unpaired) electrons. The maximum absolute atomic E-state index is 11.3. The topological polar surface area (TPSA) is 91.4 Å². The molecule has 0 fully saturated rings. The van der Waals surface area contributed by atoms with Crippen LogP contribution in [0.15, 0.2) is 30.6 Å². The van der Waals surface area contributed by atoms with Gasteiger partial charge in [-0.15, -0.1) is 0 Å². The third-order valence-corrected chi connectivity index (χ3v) is 2.81. The summed E-state index contributed by atoms with van der Waals surface area (Å²) in [6.07, 6.45) is 3.10. The molecule has 7 nitrogen and oxygen atoms in total. The van der Waals surface area contributed by atoms with Crippen LogP contribution in [0.3, 0.4) is 0 Å². The van der Waals surface area contributed by atoms with Gasteiger partial charge in [0.25, 0.3) is 5.91 Å². The first kappa shape index (κ1) is 11.5. The van der Waals surface area contributed by atoms with Crippen molar-refractivity contribution in [3.63, 3.8) is 0 Å². The Morgan fingerprint density at radius 2 is 2.26 bits per heavy atom. The molecule has 0 spiro atoms. The van der Waals surface area contributed by atoms with Gasteiger partial charge in [-0.1, -0.05) is 6.07 Å². The summed E-state index contributed by atoms with van der Waals surface area (Å²) in [6.45, 7) is 0.788. The van der Waals surface area contributed by atoms with Crippen LogP contribution in [0, 0.1) is 0 Å². The van der Waals surface area contributed by atoms with Crippen LogP contribution >= 0.6 is 0 Å². The Labute approximate surface area is 108 Å². The highest BCUT2D eigenvalue weighted by molar-refractivity contribution is 5.93. The number of hydrogen-bond acceptors (Lipinski definition) is 5. The molecule has 7 heteroatoms. The van der Waals surface area contributed by atoms with Crippen LogP contribution in [-0.4, -0.2) is 22.5 Å². The molecule has 1 aromatic carbocycles. The summed E-state index contributed by atoms with van der Waals surface area (Å²) in [5.41, 5.74) is 3.49. The third-order valence-electron chi connectivity index (χ3n) is 2.81. The number of aromatic nitrogens is 2. The second kappa shape index (κ2) is 4.62. The number of benzene rings is 1. The molecule has 2 aromatic rings. The number of rotatable bonds is 3. The van der Waals surface area contributed by atoms with E-state index in [-0.39, 0.29) is 12.7 Å². The molecular weight excluding hydrogens is 248 g/mol. The average Bonchev–Trinajstić information content (AvgIpc) is 3.06. The van der Waals surface area contributed by atoms with Gasteiger partial charge < -0.3 is 9.47 Å². The first-order chi connectivity index (χ1) is 9.26. The second-order valence-corrected chi connectivity index (χ2v) is 4.09. The zero-order valence-electron chi connectivity index (χ0n) is 10.00. The van der Waals surface area contributed by atoms with Crippen molar-refractivity contribution in [1.82, 2.24) is 15.2 Å². The fourth-order valence-corrected chi connectivity index (χ4v) is 1.88. The van der Waals surface area contributed by atoms with Gasteiger partial charge >= 0.3 is 0 Å². The highest BCUT2D eigenvalue weighted by Crippen LogP contribution is 2.32. The lowest BCUT2D eigenvalue weighted by molar-refractivity contribution is 0.0953. The van der Waals surface area contributed by atoms with Crippen molar-refractivity contribution in [2.24, 2.45) is 5.84 Å². The molecule has 1 amide bonds. The van der Waals surface area contributed by atoms with E-state index in [1.807, 2.05) is 18.2 Å². The molecule has 3 N–H and O–H groups in total. The van der Waals surface area contributed by atoms with Crippen LogP contribution in [-0.2, 0) is 6.54 Å². The van der Waals surface area contributed by atoms with Crippen molar-refractivity contribution in [2.45, 2.75) is 6.54 Å². The zero-order valence-corrected chi connectivity index (χ0v) is 10.00. The summed E-state index contributed by atoms with van der Waals surface area (Å²) < 4.78 is 12.2. The maximum atomic E-state index is 11.3. The Kier molecular flexibility index (Phi) is 2.81. The van der Waals surface area contributed by atoms with Gasteiger partial charge in [0, 0.05) is 6.20 Å². The van der Waals surface area contributed by atoms with Crippen LogP contribution in [0.25, 0.3) is 0 Å². The predicted octanol–water partition coefficient (Wildman–Crippen LogP) is 0.264. The van der Waals surface area contributed by atoms with E-state index in [0.29, 0.717) is 12.1 Å². The van der Waals surface area contributed by atoms with E-state index in [4.69, 9.17) is 15.3 Å². The SMILES string of the molecule is NNC(=O)c1cnn(Cc2ccc3c(c2)OCO3)c1. The van der Waals surface area contributed by atoms with Gasteiger partial charge in [0.15, 0.2) is 11.5 Å². The molecule has 1 aromatic heterocycles. The van der Waals surface area contributed by atoms with E-state index in [2.05, 4.69) is 10.5 Å². The fourth-order valence-electron chi connectivity index (χ4n) is 1.88. The van der Waals surface area contributed by atoms with E-state index >= 15 is 0 Å². The quantitative estimate of drug-likeness (QED) is 0.469. The lowest BCUT2D eigenvalue weighted by Crippen LogP contribution is -2.29. The number of amides is 1. The number of carbonyl (C=O) groups is 1. The van der Waals surface area contributed by atoms with Crippen molar-refractivity contribution in [2.75, 3.05) is 6.79 Å². The molecule has 1 aliphatic rings. The molecular formula is C12H12N4O3. The molecule has 0 saturated heterocycles. The second-order valence-electron chi connectivity index (χ2n) is 4.09. The summed E-state index contributed by atoms with van der Waals surface area (Å²) >= 11 is 0. The summed E-state index contributed by atoms with van der Waals surface area (Å²) in [6, 6.07) is 5.68. The Morgan fingerprint density at radius 3 is 3.11 bits per heavy atom. The average molecular weight is 260 g/mol. The van der Waals surface area contributed by atoms with Crippen LogP contribution < -0.4 is 20.7 Å². The number of carbonyl (C=O) groups excluding carboxylic acids is 1. The number of fused-ring (bicyclic) bond motifs is 1. The monoisotopic (exact) mass is 260 g/mol. The van der Waals surface area contributed by atoms with E-state index in [0.717, 1.165) is 17.1 Å². The number of nitrogens with one attached hydrogen (secondary N) is 1. The number of nitrogens with zero attached hydrogens (tertiary/aromatic N) is 2. The molecule has 3 rings (SSSR count). The molecule has 19 heavy (non-hydrogen) atoms. The van der Waals surface area contributed by atoms with Crippen LogP contribution in [0.4, 0.5) is 0 Å². The molecule has 0 atom stereocenters. The number of hydrogen-bond donors (Lipinski definition) is 2. The highest BCUT2D eigenvalue weighted by atomic mass is 16.7. The van der Waals surface area contributed by atoms with Gasteiger partial charge in [-0.2, -0.15) is 5.10 Å². The van der Waals surface area contributed by atoms with Crippen molar-refractivity contribution < 1.29 is 14.3 Å². The summed E-state index contributed by atoms with van der Waals surface area (Å²) in [7, 11) is 0. The molecule has 98 valence electrons. The minimum absolute atomic E-state index is 0.251. The molecule has 0 saturated carbocycles. The summed E-state index contributed by atoms with van der Waals surface area (Å²) in [5.74, 6) is 6.17. The summed E-state index contributed by atoms with van der Waals surface area (Å²) in [5, 5.41) is 4.10. The van der Waals surface area contributed by atoms with E-state index < -0.39 is 0 Å². The minimum atomic E-state index is -0.364. The molecule has 2 heterocycles. The lowest BCUT2D eigenvalue weighted by Gasteiger charge is -2.03. The molecule has 0 aliphatic carbocycles. The Hall–Kier alpha value is -2.54. The van der Waals surface area contributed by atoms with Gasteiger partial charge in [-0.25, -0.2) is 5.84 Å². The highest BCUT2D eigenvalue weighted by Gasteiger charge is 2.13. The number of nitrogen functional groups attached to an aromatic ring is 1. The van der Waals surface area contributed by atoms with Gasteiger partial charge in [0.05, 0.1) is 18.3 Å². The van der Waals surface area contributed by atoms with Crippen molar-refractivity contribution in [3.8, 4) is 11.5 Å². The number of ether oxygens (including phenoxy) is 2. The fraction of sp³-hybridized carbons (Fsp3) is 0.167. The zero-order chi connectivity index (χ0) is 13.2. The van der Waals surface area contributed by atoms with Gasteiger partial charge in [0.1, 0.15) is 0 Å². The Morgan fingerprint density at radius 1 is 1.42 bits per heavy atom. The molecule has 0 bridgehead atoms. The Balaban J connectivity index is 1.78. The smallest absolute Gasteiger partial charge is 0.268 e. The van der Waals surface area contributed by atoms with Gasteiger partial charge in [0.2, 0.25) is 6.79 Å². The van der Waals surface area contributed by atoms with Gasteiger partial charge in [-0.3, -0.25) is 14.9 Å². The van der Waals surface area contributed by atoms with E-state index in [1.54, 1.807) is 10.9 Å². The predicted molar refractivity (Wildman–Crippen MR) is 65.5 cm³/mol.